The zero-order valence-corrected chi connectivity index (χ0v) is 12.5. The molecule has 1 aromatic carbocycles. The lowest BCUT2D eigenvalue weighted by Gasteiger charge is -2.23. The Morgan fingerprint density at radius 1 is 1.24 bits per heavy atom. The maximum Gasteiger partial charge on any atom is 0.0835 e. The molecule has 0 unspecified atom stereocenters. The number of piperidine rings is 1. The average Bonchev–Trinajstić information content (AvgIpc) is 2.36. The second-order valence-corrected chi connectivity index (χ2v) is 5.91. The Hall–Kier alpha value is 0.0400. The van der Waals surface area contributed by atoms with Gasteiger partial charge in [0.25, 0.3) is 0 Å². The smallest absolute Gasteiger partial charge is 0.0835 e. The average molecular weight is 338 g/mol. The molecule has 0 spiro atoms. The van der Waals surface area contributed by atoms with Gasteiger partial charge in [0.2, 0.25) is 0 Å². The molecular formula is C12H15BrCl2N2. The third kappa shape index (κ3) is 3.50. The summed E-state index contributed by atoms with van der Waals surface area (Å²) in [5.41, 5.74) is 0.915. The minimum Gasteiger partial charge on any atom is -0.384 e. The van der Waals surface area contributed by atoms with Crippen LogP contribution in [0.25, 0.3) is 0 Å². The van der Waals surface area contributed by atoms with E-state index in [1.807, 2.05) is 12.1 Å². The van der Waals surface area contributed by atoms with Gasteiger partial charge in [-0.1, -0.05) is 23.2 Å². The van der Waals surface area contributed by atoms with Gasteiger partial charge in [-0.15, -0.1) is 0 Å². The molecule has 17 heavy (non-hydrogen) atoms. The summed E-state index contributed by atoms with van der Waals surface area (Å²) in [5.74, 6) is 0.717. The number of rotatable bonds is 3. The lowest BCUT2D eigenvalue weighted by Crippen LogP contribution is -2.31. The van der Waals surface area contributed by atoms with E-state index in [0.717, 1.165) is 35.7 Å². The monoisotopic (exact) mass is 336 g/mol. The highest BCUT2D eigenvalue weighted by Gasteiger charge is 2.14. The van der Waals surface area contributed by atoms with Crippen molar-refractivity contribution >= 4 is 44.8 Å². The van der Waals surface area contributed by atoms with Crippen LogP contribution in [0.3, 0.4) is 0 Å². The summed E-state index contributed by atoms with van der Waals surface area (Å²) >= 11 is 15.6. The largest absolute Gasteiger partial charge is 0.384 e. The zero-order valence-electron chi connectivity index (χ0n) is 9.40. The molecule has 1 aliphatic rings. The van der Waals surface area contributed by atoms with E-state index >= 15 is 0 Å². The molecule has 0 aliphatic carbocycles. The van der Waals surface area contributed by atoms with Gasteiger partial charge in [0.15, 0.2) is 0 Å². The Balaban J connectivity index is 1.96. The van der Waals surface area contributed by atoms with Crippen molar-refractivity contribution in [3.8, 4) is 0 Å². The second-order valence-electron chi connectivity index (χ2n) is 4.30. The standard InChI is InChI=1S/C12H15BrCl2N2/c13-9-1-2-10(12(15)11(9)14)17-7-8-3-5-16-6-4-8/h1-2,8,16-17H,3-7H2. The van der Waals surface area contributed by atoms with Gasteiger partial charge < -0.3 is 10.6 Å². The van der Waals surface area contributed by atoms with Crippen molar-refractivity contribution in [2.45, 2.75) is 12.8 Å². The van der Waals surface area contributed by atoms with Gasteiger partial charge in [0.1, 0.15) is 0 Å². The fourth-order valence-corrected chi connectivity index (χ4v) is 2.84. The number of halogens is 3. The van der Waals surface area contributed by atoms with E-state index in [2.05, 4.69) is 26.6 Å². The molecule has 2 nitrogen and oxygen atoms in total. The van der Waals surface area contributed by atoms with Crippen LogP contribution in [0.15, 0.2) is 16.6 Å². The Kier molecular flexibility index (Phi) is 4.97. The molecule has 1 aliphatic heterocycles. The predicted molar refractivity (Wildman–Crippen MR) is 78.2 cm³/mol. The molecule has 1 saturated heterocycles. The number of nitrogens with one attached hydrogen (secondary N) is 2. The lowest BCUT2D eigenvalue weighted by atomic mass is 9.98. The molecule has 0 amide bonds. The first-order valence-corrected chi connectivity index (χ1v) is 7.31. The Morgan fingerprint density at radius 2 is 1.94 bits per heavy atom. The summed E-state index contributed by atoms with van der Waals surface area (Å²) in [5, 5.41) is 7.91. The van der Waals surface area contributed by atoms with Gasteiger partial charge in [-0.3, -0.25) is 0 Å². The van der Waals surface area contributed by atoms with Crippen LogP contribution in [-0.2, 0) is 0 Å². The lowest BCUT2D eigenvalue weighted by molar-refractivity contribution is 0.390. The number of anilines is 1. The van der Waals surface area contributed by atoms with Gasteiger partial charge in [-0.25, -0.2) is 0 Å². The SMILES string of the molecule is Clc1c(Br)ccc(NCC2CCNCC2)c1Cl. The van der Waals surface area contributed by atoms with Crippen molar-refractivity contribution in [2.24, 2.45) is 5.92 Å². The quantitative estimate of drug-likeness (QED) is 0.809. The fourth-order valence-electron chi connectivity index (χ4n) is 2.00. The summed E-state index contributed by atoms with van der Waals surface area (Å²) < 4.78 is 0.830. The molecule has 1 heterocycles. The van der Waals surface area contributed by atoms with Crippen molar-refractivity contribution in [3.05, 3.63) is 26.7 Å². The van der Waals surface area contributed by atoms with Gasteiger partial charge >= 0.3 is 0 Å². The first kappa shape index (κ1) is 13.5. The van der Waals surface area contributed by atoms with Crippen molar-refractivity contribution in [1.29, 1.82) is 0 Å². The van der Waals surface area contributed by atoms with Crippen LogP contribution < -0.4 is 10.6 Å². The summed E-state index contributed by atoms with van der Waals surface area (Å²) in [7, 11) is 0. The van der Waals surface area contributed by atoms with E-state index in [0.29, 0.717) is 10.0 Å². The van der Waals surface area contributed by atoms with E-state index in [-0.39, 0.29) is 0 Å². The normalized spacial score (nSPS) is 17.1. The highest BCUT2D eigenvalue weighted by molar-refractivity contribution is 9.10. The minimum atomic E-state index is 0.571. The molecule has 0 saturated carbocycles. The Morgan fingerprint density at radius 3 is 2.65 bits per heavy atom. The van der Waals surface area contributed by atoms with Gasteiger partial charge in [-0.2, -0.15) is 0 Å². The maximum atomic E-state index is 6.18. The van der Waals surface area contributed by atoms with Crippen LogP contribution in [0.5, 0.6) is 0 Å². The third-order valence-corrected chi connectivity index (χ3v) is 4.85. The first-order chi connectivity index (χ1) is 8.18. The van der Waals surface area contributed by atoms with Crippen molar-refractivity contribution in [1.82, 2.24) is 5.32 Å². The zero-order chi connectivity index (χ0) is 12.3. The molecule has 0 atom stereocenters. The third-order valence-electron chi connectivity index (χ3n) is 3.08. The van der Waals surface area contributed by atoms with Crippen LogP contribution in [0.1, 0.15) is 12.8 Å². The van der Waals surface area contributed by atoms with Gasteiger partial charge in [-0.05, 0) is 59.9 Å². The molecule has 1 fully saturated rings. The highest BCUT2D eigenvalue weighted by atomic mass is 79.9. The van der Waals surface area contributed by atoms with Crippen LogP contribution >= 0.6 is 39.1 Å². The van der Waals surface area contributed by atoms with Crippen molar-refractivity contribution in [2.75, 3.05) is 25.0 Å². The first-order valence-electron chi connectivity index (χ1n) is 5.76. The topological polar surface area (TPSA) is 24.1 Å². The molecule has 2 N–H and O–H groups in total. The number of benzene rings is 1. The summed E-state index contributed by atoms with van der Waals surface area (Å²) in [6.07, 6.45) is 2.43. The Bertz CT molecular complexity index is 392. The molecular weight excluding hydrogens is 323 g/mol. The highest BCUT2D eigenvalue weighted by Crippen LogP contribution is 2.35. The molecule has 94 valence electrons. The number of hydrogen-bond donors (Lipinski definition) is 2. The fraction of sp³-hybridized carbons (Fsp3) is 0.500. The van der Waals surface area contributed by atoms with E-state index in [9.17, 15) is 0 Å². The van der Waals surface area contributed by atoms with Crippen LogP contribution in [0, 0.1) is 5.92 Å². The molecule has 1 aromatic rings. The molecule has 5 heteroatoms. The maximum absolute atomic E-state index is 6.18. The molecule has 2 rings (SSSR count). The van der Waals surface area contributed by atoms with Crippen LogP contribution in [-0.4, -0.2) is 19.6 Å². The molecule has 0 radical (unpaired) electrons. The van der Waals surface area contributed by atoms with E-state index in [1.54, 1.807) is 0 Å². The van der Waals surface area contributed by atoms with Gasteiger partial charge in [0.05, 0.1) is 15.7 Å². The number of hydrogen-bond acceptors (Lipinski definition) is 2. The van der Waals surface area contributed by atoms with E-state index < -0.39 is 0 Å². The summed E-state index contributed by atoms with van der Waals surface area (Å²) in [6.45, 7) is 3.18. The second kappa shape index (κ2) is 6.28. The van der Waals surface area contributed by atoms with E-state index in [1.165, 1.54) is 12.8 Å². The molecule has 0 aromatic heterocycles. The molecule has 0 bridgehead atoms. The predicted octanol–water partition coefficient (Wildman–Crippen LogP) is 4.17. The Labute approximate surface area is 120 Å². The van der Waals surface area contributed by atoms with Crippen LogP contribution in [0.4, 0.5) is 5.69 Å². The van der Waals surface area contributed by atoms with Gasteiger partial charge in [0, 0.05) is 11.0 Å². The minimum absolute atomic E-state index is 0.571. The summed E-state index contributed by atoms with van der Waals surface area (Å²) in [4.78, 5) is 0. The van der Waals surface area contributed by atoms with Crippen molar-refractivity contribution in [3.63, 3.8) is 0 Å². The van der Waals surface area contributed by atoms with Crippen molar-refractivity contribution < 1.29 is 0 Å². The van der Waals surface area contributed by atoms with Crippen LogP contribution in [0.2, 0.25) is 10.0 Å². The van der Waals surface area contributed by atoms with E-state index in [4.69, 9.17) is 23.2 Å². The summed E-state index contributed by atoms with van der Waals surface area (Å²) in [6, 6.07) is 3.87.